The van der Waals surface area contributed by atoms with Crippen molar-refractivity contribution in [3.8, 4) is 18.1 Å². The first-order valence-electron chi connectivity index (χ1n) is 3.71. The fourth-order valence-electron chi connectivity index (χ4n) is 0.733. The summed E-state index contributed by atoms with van der Waals surface area (Å²) < 4.78 is 0. The Morgan fingerprint density at radius 1 is 1.46 bits per heavy atom. The molecule has 0 saturated heterocycles. The lowest BCUT2D eigenvalue weighted by Gasteiger charge is -1.93. The third kappa shape index (κ3) is 3.30. The van der Waals surface area contributed by atoms with Crippen molar-refractivity contribution in [3.63, 3.8) is 0 Å². The topological polar surface area (TPSA) is 41.8 Å². The highest BCUT2D eigenvalue weighted by Gasteiger charge is 1.87. The highest BCUT2D eigenvalue weighted by atomic mass is 16.6. The van der Waals surface area contributed by atoms with Crippen molar-refractivity contribution in [1.29, 1.82) is 0 Å². The second kappa shape index (κ2) is 4.83. The Bertz CT molecular complexity index is 322. The maximum Gasteiger partial charge on any atom is 0.177 e. The van der Waals surface area contributed by atoms with Crippen LogP contribution in [-0.4, -0.2) is 17.9 Å². The molecule has 3 heteroatoms. The van der Waals surface area contributed by atoms with Gasteiger partial charge in [0, 0.05) is 0 Å². The van der Waals surface area contributed by atoms with Gasteiger partial charge >= 0.3 is 0 Å². The molecule has 0 unspecified atom stereocenters. The molecule has 1 aromatic carbocycles. The smallest absolute Gasteiger partial charge is 0.177 e. The van der Waals surface area contributed by atoms with Gasteiger partial charge in [0.05, 0.1) is 6.21 Å². The second-order valence-electron chi connectivity index (χ2n) is 2.30. The maximum atomic E-state index is 8.96. The number of benzene rings is 1. The summed E-state index contributed by atoms with van der Waals surface area (Å²) in [6, 6.07) is 6.58. The van der Waals surface area contributed by atoms with Gasteiger partial charge in [0.1, 0.15) is 5.75 Å². The van der Waals surface area contributed by atoms with Crippen molar-refractivity contribution < 1.29 is 9.94 Å². The average Bonchev–Trinajstić information content (AvgIpc) is 2.15. The van der Waals surface area contributed by atoms with Crippen LogP contribution in [0.1, 0.15) is 5.56 Å². The van der Waals surface area contributed by atoms with Gasteiger partial charge in [-0.25, -0.2) is 0 Å². The first-order chi connectivity index (χ1) is 6.33. The molecular formula is C10H9NO2. The first-order valence-corrected chi connectivity index (χ1v) is 3.71. The highest BCUT2D eigenvalue weighted by molar-refractivity contribution is 5.79. The van der Waals surface area contributed by atoms with Crippen molar-refractivity contribution in [3.05, 3.63) is 29.8 Å². The molecule has 66 valence electrons. The Hall–Kier alpha value is -1.95. The molecule has 0 aliphatic heterocycles. The molecule has 0 spiro atoms. The van der Waals surface area contributed by atoms with Crippen LogP contribution in [0.15, 0.2) is 29.4 Å². The normalized spacial score (nSPS) is 9.77. The second-order valence-corrected chi connectivity index (χ2v) is 2.30. The summed E-state index contributed by atoms with van der Waals surface area (Å²) in [6.45, 7) is 0.161. The van der Waals surface area contributed by atoms with Crippen molar-refractivity contribution in [1.82, 2.24) is 0 Å². The SMILES string of the molecule is C#CCO/N=C/c1ccc(O)cc1. The molecule has 1 aromatic rings. The number of hydrogen-bond donors (Lipinski definition) is 1. The number of aromatic hydroxyl groups is 1. The molecule has 3 nitrogen and oxygen atoms in total. The number of phenolic OH excluding ortho intramolecular Hbond substituents is 1. The summed E-state index contributed by atoms with van der Waals surface area (Å²) in [6.07, 6.45) is 6.47. The third-order valence-electron chi connectivity index (χ3n) is 1.32. The van der Waals surface area contributed by atoms with Crippen LogP contribution in [0.3, 0.4) is 0 Å². The standard InChI is InChI=1S/C10H9NO2/c1-2-7-13-11-8-9-3-5-10(12)6-4-9/h1,3-6,8,12H,7H2/b11-8+. The van der Waals surface area contributed by atoms with Gasteiger partial charge in [-0.2, -0.15) is 0 Å². The lowest BCUT2D eigenvalue weighted by atomic mass is 10.2. The quantitative estimate of drug-likeness (QED) is 0.326. The summed E-state index contributed by atoms with van der Waals surface area (Å²) in [7, 11) is 0. The van der Waals surface area contributed by atoms with E-state index in [-0.39, 0.29) is 12.4 Å². The molecule has 0 aromatic heterocycles. The van der Waals surface area contributed by atoms with Crippen LogP contribution in [-0.2, 0) is 4.84 Å². The molecule has 0 aliphatic carbocycles. The van der Waals surface area contributed by atoms with E-state index in [2.05, 4.69) is 15.9 Å². The van der Waals surface area contributed by atoms with Crippen molar-refractivity contribution >= 4 is 6.21 Å². The predicted molar refractivity (Wildman–Crippen MR) is 50.5 cm³/mol. The van der Waals surface area contributed by atoms with Gasteiger partial charge in [-0.1, -0.05) is 11.1 Å². The lowest BCUT2D eigenvalue weighted by Crippen LogP contribution is -1.84. The maximum absolute atomic E-state index is 8.96. The van der Waals surface area contributed by atoms with Gasteiger partial charge in [-0.05, 0) is 29.8 Å². The molecule has 1 N–H and O–H groups in total. The molecule has 1 rings (SSSR count). The van der Waals surface area contributed by atoms with Gasteiger partial charge in [-0.3, -0.25) is 0 Å². The fraction of sp³-hybridized carbons (Fsp3) is 0.100. The van der Waals surface area contributed by atoms with Crippen molar-refractivity contribution in [2.75, 3.05) is 6.61 Å². The van der Waals surface area contributed by atoms with E-state index in [9.17, 15) is 0 Å². The molecule has 0 bridgehead atoms. The number of rotatable bonds is 3. The van der Waals surface area contributed by atoms with Gasteiger partial charge in [0.25, 0.3) is 0 Å². The fourth-order valence-corrected chi connectivity index (χ4v) is 0.733. The number of nitrogens with zero attached hydrogens (tertiary/aromatic N) is 1. The Kier molecular flexibility index (Phi) is 3.40. The summed E-state index contributed by atoms with van der Waals surface area (Å²) in [4.78, 5) is 4.69. The van der Waals surface area contributed by atoms with E-state index in [0.717, 1.165) is 5.56 Å². The van der Waals surface area contributed by atoms with Crippen LogP contribution in [0.5, 0.6) is 5.75 Å². The average molecular weight is 175 g/mol. The summed E-state index contributed by atoms with van der Waals surface area (Å²) >= 11 is 0. The number of phenols is 1. The molecule has 0 amide bonds. The minimum absolute atomic E-state index is 0.161. The largest absolute Gasteiger partial charge is 0.508 e. The number of oxime groups is 1. The molecule has 0 heterocycles. The molecule has 13 heavy (non-hydrogen) atoms. The van der Waals surface area contributed by atoms with Crippen LogP contribution in [0, 0.1) is 12.3 Å². The summed E-state index contributed by atoms with van der Waals surface area (Å²) in [5.74, 6) is 2.51. The Labute approximate surface area is 76.6 Å². The summed E-state index contributed by atoms with van der Waals surface area (Å²) in [5, 5.41) is 12.6. The Morgan fingerprint density at radius 2 is 2.15 bits per heavy atom. The minimum Gasteiger partial charge on any atom is -0.508 e. The van der Waals surface area contributed by atoms with Crippen LogP contribution in [0.2, 0.25) is 0 Å². The van der Waals surface area contributed by atoms with E-state index < -0.39 is 0 Å². The van der Waals surface area contributed by atoms with Crippen molar-refractivity contribution in [2.24, 2.45) is 5.16 Å². The third-order valence-corrected chi connectivity index (χ3v) is 1.32. The zero-order valence-electron chi connectivity index (χ0n) is 6.97. The van der Waals surface area contributed by atoms with E-state index in [1.165, 1.54) is 6.21 Å². The zero-order chi connectivity index (χ0) is 9.52. The number of hydrogen-bond acceptors (Lipinski definition) is 3. The lowest BCUT2D eigenvalue weighted by molar-refractivity contribution is 0.181. The van der Waals surface area contributed by atoms with E-state index in [0.29, 0.717) is 0 Å². The summed E-state index contributed by atoms with van der Waals surface area (Å²) in [5.41, 5.74) is 0.842. The monoisotopic (exact) mass is 175 g/mol. The van der Waals surface area contributed by atoms with E-state index in [1.807, 2.05) is 0 Å². The molecular weight excluding hydrogens is 166 g/mol. The van der Waals surface area contributed by atoms with Gasteiger partial charge in [0.2, 0.25) is 0 Å². The zero-order valence-corrected chi connectivity index (χ0v) is 6.97. The van der Waals surface area contributed by atoms with Crippen LogP contribution in [0.4, 0.5) is 0 Å². The Balaban J connectivity index is 2.50. The molecule has 0 aliphatic rings. The van der Waals surface area contributed by atoms with Crippen LogP contribution in [0.25, 0.3) is 0 Å². The predicted octanol–water partition coefficient (Wildman–Crippen LogP) is 1.38. The number of terminal acetylenes is 1. The minimum atomic E-state index is 0.161. The van der Waals surface area contributed by atoms with Crippen molar-refractivity contribution in [2.45, 2.75) is 0 Å². The van der Waals surface area contributed by atoms with E-state index in [1.54, 1.807) is 24.3 Å². The molecule has 0 saturated carbocycles. The molecule has 0 radical (unpaired) electrons. The van der Waals surface area contributed by atoms with Crippen LogP contribution < -0.4 is 0 Å². The Morgan fingerprint density at radius 3 is 2.77 bits per heavy atom. The van der Waals surface area contributed by atoms with Gasteiger partial charge in [0.15, 0.2) is 6.61 Å². The van der Waals surface area contributed by atoms with E-state index in [4.69, 9.17) is 11.5 Å². The molecule has 0 fully saturated rings. The molecule has 0 atom stereocenters. The van der Waals surface area contributed by atoms with E-state index >= 15 is 0 Å². The van der Waals surface area contributed by atoms with Gasteiger partial charge in [-0.15, -0.1) is 6.42 Å². The van der Waals surface area contributed by atoms with Gasteiger partial charge < -0.3 is 9.94 Å². The highest BCUT2D eigenvalue weighted by Crippen LogP contribution is 2.07. The first kappa shape index (κ1) is 9.14. The van der Waals surface area contributed by atoms with Crippen LogP contribution >= 0.6 is 0 Å².